The minimum atomic E-state index is 0.704. The summed E-state index contributed by atoms with van der Waals surface area (Å²) in [5.41, 5.74) is 2.28. The van der Waals surface area contributed by atoms with Crippen molar-refractivity contribution in [1.82, 2.24) is 19.3 Å². The van der Waals surface area contributed by atoms with Crippen LogP contribution in [0.1, 0.15) is 12.5 Å². The van der Waals surface area contributed by atoms with Gasteiger partial charge in [0.1, 0.15) is 12.3 Å². The van der Waals surface area contributed by atoms with Crippen LogP contribution in [0.15, 0.2) is 48.8 Å². The molecule has 0 aliphatic carbocycles. The molecule has 26 heavy (non-hydrogen) atoms. The van der Waals surface area contributed by atoms with Gasteiger partial charge in [0, 0.05) is 30.1 Å². The Labute approximate surface area is 158 Å². The summed E-state index contributed by atoms with van der Waals surface area (Å²) in [6, 6.07) is 12.1. The van der Waals surface area contributed by atoms with Gasteiger partial charge in [-0.3, -0.25) is 4.98 Å². The third-order valence-corrected chi connectivity index (χ3v) is 4.69. The first-order chi connectivity index (χ1) is 12.6. The summed E-state index contributed by atoms with van der Waals surface area (Å²) in [4.78, 5) is 5.38. The fourth-order valence-corrected chi connectivity index (χ4v) is 3.27. The summed E-state index contributed by atoms with van der Waals surface area (Å²) in [5.74, 6) is 1.76. The lowest BCUT2D eigenvalue weighted by Gasteiger charge is -2.14. The first-order valence-electron chi connectivity index (χ1n) is 8.64. The molecule has 0 fully saturated rings. The van der Waals surface area contributed by atoms with Crippen molar-refractivity contribution in [2.24, 2.45) is 0 Å². The molecule has 0 saturated carbocycles. The van der Waals surface area contributed by atoms with Gasteiger partial charge in [-0.15, -0.1) is 5.10 Å². The van der Waals surface area contributed by atoms with Gasteiger partial charge in [0.05, 0.1) is 14.2 Å². The maximum Gasteiger partial charge on any atom is 0.203 e. The summed E-state index contributed by atoms with van der Waals surface area (Å²) in [6.45, 7) is 4.46. The van der Waals surface area contributed by atoms with Gasteiger partial charge in [0.15, 0.2) is 12.5 Å². The van der Waals surface area contributed by atoms with Gasteiger partial charge < -0.3 is 14.2 Å². The number of hydrogen-bond acceptors (Lipinski definition) is 4. The van der Waals surface area contributed by atoms with Crippen LogP contribution in [0.2, 0.25) is 0 Å². The number of methoxy groups -OCH3 is 1. The lowest BCUT2D eigenvalue weighted by atomic mass is 10.2. The topological polar surface area (TPSA) is 49.3 Å². The number of benzene rings is 1. The maximum atomic E-state index is 5.65. The van der Waals surface area contributed by atoms with Gasteiger partial charge in [-0.05, 0) is 55.5 Å². The molecule has 1 atom stereocenters. The van der Waals surface area contributed by atoms with Gasteiger partial charge in [0.25, 0.3) is 0 Å². The lowest BCUT2D eigenvalue weighted by molar-refractivity contribution is -0.917. The molecule has 3 aromatic rings. The van der Waals surface area contributed by atoms with Crippen molar-refractivity contribution < 1.29 is 9.64 Å². The average molecular weight is 371 g/mol. The molecule has 6 nitrogen and oxygen atoms in total. The second-order valence-electron chi connectivity index (χ2n) is 6.23. The Morgan fingerprint density at radius 2 is 1.81 bits per heavy atom. The predicted octanol–water partition coefficient (Wildman–Crippen LogP) is 2.18. The maximum absolute atomic E-state index is 5.65. The zero-order valence-corrected chi connectivity index (χ0v) is 16.2. The SMILES string of the molecule is CCn1c(-c2ccncc2)nn(C[NH+](C)Cc2ccc(OC)cc2)c1=S. The van der Waals surface area contributed by atoms with Crippen molar-refractivity contribution in [3.63, 3.8) is 0 Å². The molecule has 0 aliphatic heterocycles. The van der Waals surface area contributed by atoms with Gasteiger partial charge in [-0.1, -0.05) is 0 Å². The van der Waals surface area contributed by atoms with Crippen molar-refractivity contribution in [1.29, 1.82) is 0 Å². The fourth-order valence-electron chi connectivity index (χ4n) is 2.95. The van der Waals surface area contributed by atoms with Crippen LogP contribution in [0, 0.1) is 4.77 Å². The molecular weight excluding hydrogens is 346 g/mol. The lowest BCUT2D eigenvalue weighted by Crippen LogP contribution is -3.07. The van der Waals surface area contributed by atoms with E-state index < -0.39 is 0 Å². The van der Waals surface area contributed by atoms with Crippen molar-refractivity contribution >= 4 is 12.2 Å². The molecule has 3 rings (SSSR count). The third-order valence-electron chi connectivity index (χ3n) is 4.26. The summed E-state index contributed by atoms with van der Waals surface area (Å²) in [6.07, 6.45) is 3.55. The van der Waals surface area contributed by atoms with E-state index in [9.17, 15) is 0 Å². The molecule has 0 aliphatic rings. The van der Waals surface area contributed by atoms with Gasteiger partial charge in [0.2, 0.25) is 4.77 Å². The average Bonchev–Trinajstić information content (AvgIpc) is 2.98. The molecule has 0 saturated heterocycles. The van der Waals surface area contributed by atoms with Gasteiger partial charge in [-0.2, -0.15) is 4.68 Å². The summed E-state index contributed by atoms with van der Waals surface area (Å²) >= 11 is 5.65. The Hall–Kier alpha value is -2.51. The zero-order valence-electron chi connectivity index (χ0n) is 15.3. The normalized spacial score (nSPS) is 12.1. The molecule has 0 bridgehead atoms. The van der Waals surface area contributed by atoms with Crippen LogP contribution in [-0.2, 0) is 19.8 Å². The number of rotatable bonds is 7. The first-order valence-corrected chi connectivity index (χ1v) is 9.05. The Balaban J connectivity index is 1.78. The Morgan fingerprint density at radius 3 is 2.42 bits per heavy atom. The number of ether oxygens (including phenoxy) is 1. The van der Waals surface area contributed by atoms with Crippen molar-refractivity contribution in [3.8, 4) is 17.1 Å². The van der Waals surface area contributed by atoms with E-state index in [1.54, 1.807) is 19.5 Å². The number of nitrogens with one attached hydrogen (secondary N) is 1. The van der Waals surface area contributed by atoms with Gasteiger partial charge >= 0.3 is 0 Å². The molecule has 0 spiro atoms. The van der Waals surface area contributed by atoms with Crippen molar-refractivity contribution in [3.05, 3.63) is 59.1 Å². The second kappa shape index (κ2) is 8.25. The molecule has 7 heteroatoms. The molecule has 1 N–H and O–H groups in total. The number of pyridine rings is 1. The van der Waals surface area contributed by atoms with E-state index in [-0.39, 0.29) is 0 Å². The smallest absolute Gasteiger partial charge is 0.203 e. The first kappa shape index (κ1) is 18.3. The molecule has 1 unspecified atom stereocenters. The van der Waals surface area contributed by atoms with E-state index in [1.807, 2.05) is 28.9 Å². The fraction of sp³-hybridized carbons (Fsp3) is 0.316. The standard InChI is InChI=1S/C19H23N5OS/c1-4-23-18(16-9-11-20-12-10-16)21-24(19(23)26)14-22(2)13-15-5-7-17(25-3)8-6-15/h5-12H,4,13-14H2,1-3H3/p+1. The van der Waals surface area contributed by atoms with Crippen molar-refractivity contribution in [2.45, 2.75) is 26.7 Å². The Morgan fingerprint density at radius 1 is 1.12 bits per heavy atom. The van der Waals surface area contributed by atoms with E-state index in [4.69, 9.17) is 22.1 Å². The quantitative estimate of drug-likeness (QED) is 0.648. The highest BCUT2D eigenvalue weighted by Crippen LogP contribution is 2.17. The van der Waals surface area contributed by atoms with Gasteiger partial charge in [-0.25, -0.2) is 0 Å². The Bertz CT molecular complexity index is 902. The molecular formula is C19H24N5OS+. The van der Waals surface area contributed by atoms with E-state index >= 15 is 0 Å². The van der Waals surface area contributed by atoms with Crippen LogP contribution in [-0.4, -0.2) is 33.5 Å². The Kier molecular flexibility index (Phi) is 5.80. The largest absolute Gasteiger partial charge is 0.497 e. The number of aromatic nitrogens is 4. The predicted molar refractivity (Wildman–Crippen MR) is 104 cm³/mol. The summed E-state index contributed by atoms with van der Waals surface area (Å²) in [7, 11) is 3.82. The van der Waals surface area contributed by atoms with Crippen LogP contribution in [0.25, 0.3) is 11.4 Å². The molecule has 2 aromatic heterocycles. The van der Waals surface area contributed by atoms with Crippen LogP contribution < -0.4 is 9.64 Å². The third kappa shape index (κ3) is 4.00. The monoisotopic (exact) mass is 370 g/mol. The molecule has 1 aromatic carbocycles. The summed E-state index contributed by atoms with van der Waals surface area (Å²) < 4.78 is 9.93. The van der Waals surface area contributed by atoms with E-state index in [2.05, 4.69) is 35.7 Å². The summed E-state index contributed by atoms with van der Waals surface area (Å²) in [5, 5.41) is 4.77. The second-order valence-corrected chi connectivity index (χ2v) is 6.59. The highest BCUT2D eigenvalue weighted by atomic mass is 32.1. The van der Waals surface area contributed by atoms with E-state index in [1.165, 1.54) is 10.5 Å². The van der Waals surface area contributed by atoms with Crippen molar-refractivity contribution in [2.75, 3.05) is 14.2 Å². The number of nitrogens with zero attached hydrogens (tertiary/aromatic N) is 4. The van der Waals surface area contributed by atoms with Crippen LogP contribution >= 0.6 is 12.2 Å². The molecule has 0 radical (unpaired) electrons. The van der Waals surface area contributed by atoms with E-state index in [0.717, 1.165) is 35.0 Å². The minimum Gasteiger partial charge on any atom is -0.497 e. The minimum absolute atomic E-state index is 0.704. The highest BCUT2D eigenvalue weighted by Gasteiger charge is 2.14. The molecule has 136 valence electrons. The van der Waals surface area contributed by atoms with E-state index in [0.29, 0.717) is 6.67 Å². The zero-order chi connectivity index (χ0) is 18.5. The van der Waals surface area contributed by atoms with Crippen LogP contribution in [0.3, 0.4) is 0 Å². The highest BCUT2D eigenvalue weighted by molar-refractivity contribution is 7.71. The number of hydrogen-bond donors (Lipinski definition) is 1. The molecule has 2 heterocycles. The molecule has 0 amide bonds. The number of quaternary nitrogens is 1. The van der Waals surface area contributed by atoms with Crippen LogP contribution in [0.5, 0.6) is 5.75 Å². The van der Waals surface area contributed by atoms with Crippen LogP contribution in [0.4, 0.5) is 0 Å².